The minimum Gasteiger partial charge on any atom is -0.294 e. The van der Waals surface area contributed by atoms with Crippen LogP contribution in [0.2, 0.25) is 0 Å². The van der Waals surface area contributed by atoms with Crippen molar-refractivity contribution in [2.45, 2.75) is 33.1 Å². The molecule has 1 aromatic rings. The molecule has 0 spiro atoms. The molecular weight excluding hydrogens is 291 g/mol. The molecule has 0 radical (unpaired) electrons. The quantitative estimate of drug-likeness (QED) is 0.337. The first kappa shape index (κ1) is 15.9. The van der Waals surface area contributed by atoms with Gasteiger partial charge in [0.05, 0.1) is 5.56 Å². The maximum absolute atomic E-state index is 13.6. The molecule has 0 amide bonds. The predicted octanol–water partition coefficient (Wildman–Crippen LogP) is 4.64. The van der Waals surface area contributed by atoms with E-state index in [0.29, 0.717) is 25.2 Å². The summed E-state index contributed by atoms with van der Waals surface area (Å²) in [5.41, 5.74) is -1.31. The van der Waals surface area contributed by atoms with E-state index in [1.165, 1.54) is 0 Å². The van der Waals surface area contributed by atoms with E-state index in [0.717, 1.165) is 0 Å². The largest absolute Gasteiger partial charge is 0.294 e. The zero-order valence-corrected chi connectivity index (χ0v) is 11.7. The Bertz CT molecular complexity index is 555. The number of Topliss-reactive ketones (excluding diaryl/α,β-unsaturated/α-hetero) is 1. The molecule has 3 unspecified atom stereocenters. The van der Waals surface area contributed by atoms with E-state index in [1.54, 1.807) is 0 Å². The molecule has 0 aliphatic heterocycles. The van der Waals surface area contributed by atoms with Crippen molar-refractivity contribution < 1.29 is 26.7 Å². The number of hydrogen-bond acceptors (Lipinski definition) is 1. The second kappa shape index (κ2) is 5.73. The summed E-state index contributed by atoms with van der Waals surface area (Å²) in [5, 5.41) is 0. The highest BCUT2D eigenvalue weighted by molar-refractivity contribution is 5.98. The second-order valence-electron chi connectivity index (χ2n) is 5.77. The van der Waals surface area contributed by atoms with Gasteiger partial charge in [0.2, 0.25) is 5.82 Å². The SMILES string of the molecule is CC1CCC(C(=O)c2c(F)c(F)c(F)c(F)c2F)CC1C. The van der Waals surface area contributed by atoms with E-state index in [2.05, 4.69) is 0 Å². The van der Waals surface area contributed by atoms with Crippen molar-refractivity contribution in [3.05, 3.63) is 34.6 Å². The Balaban J connectivity index is 2.41. The lowest BCUT2D eigenvalue weighted by molar-refractivity contribution is 0.0825. The van der Waals surface area contributed by atoms with Gasteiger partial charge in [-0.1, -0.05) is 13.8 Å². The summed E-state index contributed by atoms with van der Waals surface area (Å²) in [6.07, 6.45) is 1.47. The molecule has 1 nitrogen and oxygen atoms in total. The van der Waals surface area contributed by atoms with E-state index < -0.39 is 46.4 Å². The molecule has 3 atom stereocenters. The Labute approximate surface area is 119 Å². The first-order valence-corrected chi connectivity index (χ1v) is 6.81. The van der Waals surface area contributed by atoms with Crippen molar-refractivity contribution in [1.29, 1.82) is 0 Å². The highest BCUT2D eigenvalue weighted by Gasteiger charge is 2.36. The van der Waals surface area contributed by atoms with Crippen LogP contribution in [-0.4, -0.2) is 5.78 Å². The van der Waals surface area contributed by atoms with Crippen LogP contribution in [0.1, 0.15) is 43.5 Å². The normalized spacial score (nSPS) is 26.0. The Morgan fingerprint density at radius 2 is 1.29 bits per heavy atom. The van der Waals surface area contributed by atoms with Gasteiger partial charge in [0, 0.05) is 5.92 Å². The van der Waals surface area contributed by atoms with E-state index in [-0.39, 0.29) is 5.92 Å². The maximum atomic E-state index is 13.6. The summed E-state index contributed by atoms with van der Waals surface area (Å²) in [4.78, 5) is 12.2. The third kappa shape index (κ3) is 2.68. The molecule has 21 heavy (non-hydrogen) atoms. The van der Waals surface area contributed by atoms with Gasteiger partial charge in [0.1, 0.15) is 0 Å². The molecule has 0 bridgehead atoms. The standard InChI is InChI=1S/C15H15F5O/c1-6-3-4-8(5-7(6)2)15(21)9-10(16)12(18)14(20)13(19)11(9)17/h6-8H,3-5H2,1-2H3. The average molecular weight is 306 g/mol. The molecule has 1 aliphatic rings. The molecule has 0 N–H and O–H groups in total. The van der Waals surface area contributed by atoms with Gasteiger partial charge in [-0.2, -0.15) is 0 Å². The number of carbonyl (C=O) groups is 1. The van der Waals surface area contributed by atoms with Gasteiger partial charge in [-0.15, -0.1) is 0 Å². The molecule has 1 fully saturated rings. The minimum absolute atomic E-state index is 0.161. The van der Waals surface area contributed by atoms with Crippen LogP contribution in [0.5, 0.6) is 0 Å². The number of ketones is 1. The highest BCUT2D eigenvalue weighted by Crippen LogP contribution is 2.36. The van der Waals surface area contributed by atoms with E-state index in [9.17, 15) is 26.7 Å². The van der Waals surface area contributed by atoms with Crippen LogP contribution in [0.3, 0.4) is 0 Å². The molecule has 116 valence electrons. The van der Waals surface area contributed by atoms with Crippen molar-refractivity contribution in [1.82, 2.24) is 0 Å². The van der Waals surface area contributed by atoms with Crippen LogP contribution in [0.4, 0.5) is 22.0 Å². The van der Waals surface area contributed by atoms with E-state index in [1.807, 2.05) is 13.8 Å². The van der Waals surface area contributed by atoms with Crippen molar-refractivity contribution in [2.24, 2.45) is 17.8 Å². The lowest BCUT2D eigenvalue weighted by Gasteiger charge is -2.31. The molecule has 0 aromatic heterocycles. The fourth-order valence-electron chi connectivity index (χ4n) is 2.81. The fourth-order valence-corrected chi connectivity index (χ4v) is 2.81. The van der Waals surface area contributed by atoms with Gasteiger partial charge < -0.3 is 0 Å². The van der Waals surface area contributed by atoms with Crippen LogP contribution in [0.15, 0.2) is 0 Å². The molecule has 0 saturated heterocycles. The van der Waals surface area contributed by atoms with Crippen LogP contribution >= 0.6 is 0 Å². The predicted molar refractivity (Wildman–Crippen MR) is 66.2 cm³/mol. The molecule has 2 rings (SSSR count). The molecule has 6 heteroatoms. The number of benzene rings is 1. The number of rotatable bonds is 2. The second-order valence-corrected chi connectivity index (χ2v) is 5.77. The maximum Gasteiger partial charge on any atom is 0.200 e. The topological polar surface area (TPSA) is 17.1 Å². The summed E-state index contributed by atoms with van der Waals surface area (Å²) in [7, 11) is 0. The molecule has 1 saturated carbocycles. The van der Waals surface area contributed by atoms with Crippen LogP contribution in [-0.2, 0) is 0 Å². The van der Waals surface area contributed by atoms with Crippen LogP contribution in [0.25, 0.3) is 0 Å². The number of carbonyl (C=O) groups excluding carboxylic acids is 1. The van der Waals surface area contributed by atoms with Crippen molar-refractivity contribution in [2.75, 3.05) is 0 Å². The lowest BCUT2D eigenvalue weighted by Crippen LogP contribution is -2.28. The van der Waals surface area contributed by atoms with Crippen molar-refractivity contribution in [3.8, 4) is 0 Å². The molecule has 1 aromatic carbocycles. The average Bonchev–Trinajstić information content (AvgIpc) is 2.46. The van der Waals surface area contributed by atoms with E-state index >= 15 is 0 Å². The monoisotopic (exact) mass is 306 g/mol. The summed E-state index contributed by atoms with van der Waals surface area (Å²) >= 11 is 0. The summed E-state index contributed by atoms with van der Waals surface area (Å²) < 4.78 is 66.6. The smallest absolute Gasteiger partial charge is 0.200 e. The zero-order valence-electron chi connectivity index (χ0n) is 11.7. The summed E-state index contributed by atoms with van der Waals surface area (Å²) in [6.45, 7) is 3.91. The van der Waals surface area contributed by atoms with Gasteiger partial charge in [-0.25, -0.2) is 22.0 Å². The summed E-state index contributed by atoms with van der Waals surface area (Å²) in [6, 6.07) is 0. The van der Waals surface area contributed by atoms with Gasteiger partial charge in [0.15, 0.2) is 29.1 Å². The number of halogens is 5. The minimum atomic E-state index is -2.24. The highest BCUT2D eigenvalue weighted by atomic mass is 19.2. The van der Waals surface area contributed by atoms with E-state index in [4.69, 9.17) is 0 Å². The van der Waals surface area contributed by atoms with Crippen molar-refractivity contribution in [3.63, 3.8) is 0 Å². The van der Waals surface area contributed by atoms with Gasteiger partial charge in [-0.05, 0) is 31.1 Å². The van der Waals surface area contributed by atoms with Crippen LogP contribution < -0.4 is 0 Å². The first-order valence-electron chi connectivity index (χ1n) is 6.81. The Hall–Kier alpha value is -1.46. The Morgan fingerprint density at radius 3 is 1.76 bits per heavy atom. The van der Waals surface area contributed by atoms with Gasteiger partial charge >= 0.3 is 0 Å². The fraction of sp³-hybridized carbons (Fsp3) is 0.533. The Morgan fingerprint density at radius 1 is 0.810 bits per heavy atom. The third-order valence-corrected chi connectivity index (χ3v) is 4.43. The molecule has 1 aliphatic carbocycles. The Kier molecular flexibility index (Phi) is 4.35. The first-order chi connectivity index (χ1) is 9.75. The lowest BCUT2D eigenvalue weighted by atomic mass is 9.73. The van der Waals surface area contributed by atoms with Crippen LogP contribution in [0, 0.1) is 46.8 Å². The molecule has 0 heterocycles. The van der Waals surface area contributed by atoms with Gasteiger partial charge in [-0.3, -0.25) is 4.79 Å². The molecular formula is C15H15F5O. The third-order valence-electron chi connectivity index (χ3n) is 4.43. The zero-order chi connectivity index (χ0) is 15.9. The summed E-state index contributed by atoms with van der Waals surface area (Å²) in [5.74, 6) is -11.6. The number of hydrogen-bond donors (Lipinski definition) is 0. The van der Waals surface area contributed by atoms with Crippen molar-refractivity contribution >= 4 is 5.78 Å². The van der Waals surface area contributed by atoms with Gasteiger partial charge in [0.25, 0.3) is 0 Å².